The summed E-state index contributed by atoms with van der Waals surface area (Å²) in [7, 11) is 0. The van der Waals surface area contributed by atoms with Crippen LogP contribution < -0.4 is 5.32 Å². The predicted molar refractivity (Wildman–Crippen MR) is 76.0 cm³/mol. The second-order valence-electron chi connectivity index (χ2n) is 4.31. The normalized spacial score (nSPS) is 10.3. The molecule has 5 heteroatoms. The molecule has 0 aliphatic carbocycles. The molecule has 0 saturated carbocycles. The molecule has 0 aromatic carbocycles. The van der Waals surface area contributed by atoms with Crippen LogP contribution in [-0.4, -0.2) is 35.0 Å². The first kappa shape index (κ1) is 17.3. The highest BCUT2D eigenvalue weighted by atomic mass is 32.2. The first-order valence-electron chi connectivity index (χ1n) is 6.73. The van der Waals surface area contributed by atoms with Gasteiger partial charge in [-0.2, -0.15) is 11.8 Å². The zero-order chi connectivity index (χ0) is 13.6. The Kier molecular flexibility index (Phi) is 12.2. The maximum Gasteiger partial charge on any atom is 0.303 e. The van der Waals surface area contributed by atoms with E-state index in [9.17, 15) is 9.59 Å². The number of carboxylic acid groups (broad SMARTS) is 1. The van der Waals surface area contributed by atoms with Crippen LogP contribution in [0.4, 0.5) is 0 Å². The topological polar surface area (TPSA) is 66.4 Å². The van der Waals surface area contributed by atoms with Crippen molar-refractivity contribution in [1.29, 1.82) is 0 Å². The number of hydrogen-bond acceptors (Lipinski definition) is 3. The Bertz CT molecular complexity index is 234. The Morgan fingerprint density at radius 1 is 1.11 bits per heavy atom. The van der Waals surface area contributed by atoms with Crippen LogP contribution in [0.5, 0.6) is 0 Å². The largest absolute Gasteiger partial charge is 0.481 e. The SMILES string of the molecule is CCCCSCC(=O)NCCCCCCC(=O)O. The Morgan fingerprint density at radius 2 is 1.83 bits per heavy atom. The molecule has 0 heterocycles. The van der Waals surface area contributed by atoms with Gasteiger partial charge in [0.15, 0.2) is 0 Å². The number of carbonyl (C=O) groups excluding carboxylic acids is 1. The van der Waals surface area contributed by atoms with E-state index in [1.54, 1.807) is 11.8 Å². The molecule has 0 bridgehead atoms. The minimum Gasteiger partial charge on any atom is -0.481 e. The van der Waals surface area contributed by atoms with E-state index in [1.165, 1.54) is 12.8 Å². The Hall–Kier alpha value is -0.710. The summed E-state index contributed by atoms with van der Waals surface area (Å²) in [6, 6.07) is 0. The van der Waals surface area contributed by atoms with Gasteiger partial charge < -0.3 is 10.4 Å². The van der Waals surface area contributed by atoms with Crippen LogP contribution >= 0.6 is 11.8 Å². The van der Waals surface area contributed by atoms with Crippen molar-refractivity contribution < 1.29 is 14.7 Å². The zero-order valence-corrected chi connectivity index (χ0v) is 12.1. The monoisotopic (exact) mass is 275 g/mol. The van der Waals surface area contributed by atoms with Gasteiger partial charge in [-0.05, 0) is 25.0 Å². The van der Waals surface area contributed by atoms with Gasteiger partial charge >= 0.3 is 5.97 Å². The highest BCUT2D eigenvalue weighted by Crippen LogP contribution is 2.04. The van der Waals surface area contributed by atoms with E-state index in [4.69, 9.17) is 5.11 Å². The molecule has 0 aliphatic rings. The summed E-state index contributed by atoms with van der Waals surface area (Å²) in [6.07, 6.45) is 6.16. The molecule has 0 spiro atoms. The summed E-state index contributed by atoms with van der Waals surface area (Å²) >= 11 is 1.68. The molecular formula is C13H25NO3S. The van der Waals surface area contributed by atoms with Gasteiger partial charge in [0.1, 0.15) is 0 Å². The third kappa shape index (κ3) is 13.4. The molecule has 18 heavy (non-hydrogen) atoms. The van der Waals surface area contributed by atoms with Crippen LogP contribution in [0.15, 0.2) is 0 Å². The summed E-state index contributed by atoms with van der Waals surface area (Å²) in [5.41, 5.74) is 0. The van der Waals surface area contributed by atoms with Crippen molar-refractivity contribution in [3.05, 3.63) is 0 Å². The average Bonchev–Trinajstić information content (AvgIpc) is 2.33. The fourth-order valence-corrected chi connectivity index (χ4v) is 2.37. The van der Waals surface area contributed by atoms with Crippen molar-refractivity contribution in [2.75, 3.05) is 18.1 Å². The standard InChI is InChI=1S/C13H25NO3S/c1-2-3-10-18-11-12(15)14-9-7-5-4-6-8-13(16)17/h2-11H2,1H3,(H,14,15)(H,16,17). The molecule has 0 aromatic rings. The minimum absolute atomic E-state index is 0.113. The molecule has 0 aliphatic heterocycles. The van der Waals surface area contributed by atoms with E-state index in [0.29, 0.717) is 12.3 Å². The molecule has 106 valence electrons. The first-order valence-corrected chi connectivity index (χ1v) is 7.88. The summed E-state index contributed by atoms with van der Waals surface area (Å²) in [4.78, 5) is 21.6. The van der Waals surface area contributed by atoms with Crippen LogP contribution in [-0.2, 0) is 9.59 Å². The lowest BCUT2D eigenvalue weighted by molar-refractivity contribution is -0.137. The quantitative estimate of drug-likeness (QED) is 0.537. The van der Waals surface area contributed by atoms with Crippen molar-refractivity contribution in [3.8, 4) is 0 Å². The number of nitrogens with one attached hydrogen (secondary N) is 1. The highest BCUT2D eigenvalue weighted by Gasteiger charge is 2.00. The molecule has 0 unspecified atom stereocenters. The van der Waals surface area contributed by atoms with E-state index in [1.807, 2.05) is 0 Å². The van der Waals surface area contributed by atoms with Crippen molar-refractivity contribution in [1.82, 2.24) is 5.32 Å². The average molecular weight is 275 g/mol. The summed E-state index contributed by atoms with van der Waals surface area (Å²) in [6.45, 7) is 2.85. The van der Waals surface area contributed by atoms with Crippen molar-refractivity contribution in [2.24, 2.45) is 0 Å². The van der Waals surface area contributed by atoms with Crippen LogP contribution in [0.3, 0.4) is 0 Å². The molecule has 1 amide bonds. The maximum atomic E-state index is 11.4. The third-order valence-corrected chi connectivity index (χ3v) is 3.56. The van der Waals surface area contributed by atoms with Gasteiger partial charge in [0.2, 0.25) is 5.91 Å². The van der Waals surface area contributed by atoms with Gasteiger partial charge in [0.05, 0.1) is 5.75 Å². The van der Waals surface area contributed by atoms with E-state index < -0.39 is 5.97 Å². The minimum atomic E-state index is -0.729. The number of thioether (sulfide) groups is 1. The van der Waals surface area contributed by atoms with E-state index in [-0.39, 0.29) is 12.3 Å². The van der Waals surface area contributed by atoms with E-state index in [0.717, 1.165) is 31.4 Å². The van der Waals surface area contributed by atoms with Gasteiger partial charge in [-0.1, -0.05) is 26.2 Å². The number of hydrogen-bond donors (Lipinski definition) is 2. The highest BCUT2D eigenvalue weighted by molar-refractivity contribution is 7.99. The van der Waals surface area contributed by atoms with Gasteiger partial charge in [0, 0.05) is 13.0 Å². The fraction of sp³-hybridized carbons (Fsp3) is 0.846. The number of carbonyl (C=O) groups is 2. The Balaban J connectivity index is 3.17. The molecule has 0 aromatic heterocycles. The molecule has 0 atom stereocenters. The summed E-state index contributed by atoms with van der Waals surface area (Å²) in [5.74, 6) is 0.993. The lowest BCUT2D eigenvalue weighted by Crippen LogP contribution is -2.26. The lowest BCUT2D eigenvalue weighted by Gasteiger charge is -2.04. The van der Waals surface area contributed by atoms with Crippen LogP contribution in [0.2, 0.25) is 0 Å². The van der Waals surface area contributed by atoms with Crippen LogP contribution in [0.25, 0.3) is 0 Å². The Morgan fingerprint density at radius 3 is 2.50 bits per heavy atom. The fourth-order valence-electron chi connectivity index (χ4n) is 1.44. The third-order valence-electron chi connectivity index (χ3n) is 2.51. The van der Waals surface area contributed by atoms with Gasteiger partial charge in [-0.25, -0.2) is 0 Å². The second-order valence-corrected chi connectivity index (χ2v) is 5.42. The molecule has 2 N–H and O–H groups in total. The number of aliphatic carboxylic acids is 1. The van der Waals surface area contributed by atoms with E-state index in [2.05, 4.69) is 12.2 Å². The van der Waals surface area contributed by atoms with E-state index >= 15 is 0 Å². The van der Waals surface area contributed by atoms with Gasteiger partial charge in [-0.3, -0.25) is 9.59 Å². The molecule has 0 saturated heterocycles. The van der Waals surface area contributed by atoms with Gasteiger partial charge in [-0.15, -0.1) is 0 Å². The van der Waals surface area contributed by atoms with Crippen LogP contribution in [0, 0.1) is 0 Å². The number of carboxylic acids is 1. The number of amides is 1. The van der Waals surface area contributed by atoms with Crippen molar-refractivity contribution in [3.63, 3.8) is 0 Å². The molecule has 0 radical (unpaired) electrons. The van der Waals surface area contributed by atoms with Crippen molar-refractivity contribution in [2.45, 2.75) is 51.9 Å². The molecule has 0 rings (SSSR count). The van der Waals surface area contributed by atoms with Crippen LogP contribution in [0.1, 0.15) is 51.9 Å². The Labute approximate surface area is 114 Å². The lowest BCUT2D eigenvalue weighted by atomic mass is 10.1. The number of rotatable bonds is 12. The predicted octanol–water partition coefficient (Wildman–Crippen LogP) is 2.67. The summed E-state index contributed by atoms with van der Waals surface area (Å²) < 4.78 is 0. The molecular weight excluding hydrogens is 250 g/mol. The van der Waals surface area contributed by atoms with Gasteiger partial charge in [0.25, 0.3) is 0 Å². The zero-order valence-electron chi connectivity index (χ0n) is 11.2. The first-order chi connectivity index (χ1) is 8.66. The second kappa shape index (κ2) is 12.7. The summed E-state index contributed by atoms with van der Waals surface area (Å²) in [5, 5.41) is 11.3. The smallest absolute Gasteiger partial charge is 0.303 e. The molecule has 0 fully saturated rings. The number of unbranched alkanes of at least 4 members (excludes halogenated alkanes) is 4. The molecule has 4 nitrogen and oxygen atoms in total. The van der Waals surface area contributed by atoms with Crippen molar-refractivity contribution >= 4 is 23.6 Å². The maximum absolute atomic E-state index is 11.4.